The van der Waals surface area contributed by atoms with E-state index < -0.39 is 0 Å². The van der Waals surface area contributed by atoms with Crippen molar-refractivity contribution >= 4 is 15.7 Å². The summed E-state index contributed by atoms with van der Waals surface area (Å²) >= 11 is 0. The van der Waals surface area contributed by atoms with Gasteiger partial charge in [-0.15, -0.1) is 6.58 Å². The van der Waals surface area contributed by atoms with Crippen LogP contribution in [0.15, 0.2) is 42.6 Å². The molecule has 0 aliphatic carbocycles. The maximum absolute atomic E-state index is 11.1. The fourth-order valence-corrected chi connectivity index (χ4v) is 1.56. The van der Waals surface area contributed by atoms with Gasteiger partial charge in [-0.3, -0.25) is 4.79 Å². The summed E-state index contributed by atoms with van der Waals surface area (Å²) in [6.45, 7) is 3.50. The summed E-state index contributed by atoms with van der Waals surface area (Å²) < 4.78 is 4.90. The van der Waals surface area contributed by atoms with Crippen LogP contribution in [0.3, 0.4) is 0 Å². The standard InChI is InChI=1S/C12H14O2Si/c1-2-15-14-12(13)10-6-9-11-7-4-3-5-8-11/h2-5,7-8H,1,6,9-10H2. The minimum absolute atomic E-state index is 0.0873. The van der Waals surface area contributed by atoms with E-state index in [1.54, 1.807) is 5.70 Å². The van der Waals surface area contributed by atoms with Gasteiger partial charge in [-0.25, -0.2) is 0 Å². The van der Waals surface area contributed by atoms with Crippen molar-refractivity contribution in [2.45, 2.75) is 19.3 Å². The van der Waals surface area contributed by atoms with Gasteiger partial charge in [-0.1, -0.05) is 36.0 Å². The Labute approximate surface area is 92.9 Å². The molecular weight excluding hydrogens is 204 g/mol. The van der Waals surface area contributed by atoms with Crippen LogP contribution in [0.5, 0.6) is 0 Å². The molecule has 0 bridgehead atoms. The van der Waals surface area contributed by atoms with E-state index in [9.17, 15) is 4.79 Å². The van der Waals surface area contributed by atoms with E-state index in [0.29, 0.717) is 6.42 Å². The quantitative estimate of drug-likeness (QED) is 0.685. The number of rotatable bonds is 6. The molecule has 0 aliphatic rings. The molecule has 2 nitrogen and oxygen atoms in total. The first-order valence-corrected chi connectivity index (χ1v) is 5.91. The summed E-state index contributed by atoms with van der Waals surface area (Å²) in [6, 6.07) is 10.1. The van der Waals surface area contributed by atoms with Gasteiger partial charge in [0.15, 0.2) is 0 Å². The summed E-state index contributed by atoms with van der Waals surface area (Å²) in [4.78, 5) is 11.1. The topological polar surface area (TPSA) is 26.3 Å². The lowest BCUT2D eigenvalue weighted by atomic mass is 10.1. The van der Waals surface area contributed by atoms with Gasteiger partial charge in [0.25, 0.3) is 5.97 Å². The largest absolute Gasteiger partial charge is 0.512 e. The Bertz CT molecular complexity index is 309. The highest BCUT2D eigenvalue weighted by atomic mass is 28.2. The highest BCUT2D eigenvalue weighted by Crippen LogP contribution is 2.04. The number of hydrogen-bond donors (Lipinski definition) is 0. The minimum atomic E-state index is -0.135. The van der Waals surface area contributed by atoms with E-state index in [2.05, 4.69) is 18.7 Å². The van der Waals surface area contributed by atoms with Crippen molar-refractivity contribution in [2.75, 3.05) is 0 Å². The highest BCUT2D eigenvalue weighted by molar-refractivity contribution is 6.36. The van der Waals surface area contributed by atoms with Gasteiger partial charge in [-0.2, -0.15) is 0 Å². The van der Waals surface area contributed by atoms with Crippen molar-refractivity contribution in [3.05, 3.63) is 48.2 Å². The number of hydrogen-bond acceptors (Lipinski definition) is 2. The highest BCUT2D eigenvalue weighted by Gasteiger charge is 2.01. The molecule has 1 rings (SSSR count). The fourth-order valence-electron chi connectivity index (χ4n) is 1.24. The molecule has 0 atom stereocenters. The maximum Gasteiger partial charge on any atom is 0.346 e. The predicted octanol–water partition coefficient (Wildman–Crippen LogP) is 2.32. The van der Waals surface area contributed by atoms with Gasteiger partial charge >= 0.3 is 9.76 Å². The lowest BCUT2D eigenvalue weighted by Crippen LogP contribution is -2.06. The molecule has 0 saturated carbocycles. The van der Waals surface area contributed by atoms with Gasteiger partial charge in [0.1, 0.15) is 0 Å². The summed E-state index contributed by atoms with van der Waals surface area (Å²) in [5.74, 6) is -0.135. The summed E-state index contributed by atoms with van der Waals surface area (Å²) in [5, 5.41) is 0. The summed E-state index contributed by atoms with van der Waals surface area (Å²) in [5.41, 5.74) is 2.87. The van der Waals surface area contributed by atoms with Crippen molar-refractivity contribution in [3.63, 3.8) is 0 Å². The van der Waals surface area contributed by atoms with Gasteiger partial charge in [0.05, 0.1) is 0 Å². The Morgan fingerprint density at radius 3 is 2.80 bits per heavy atom. The first-order valence-electron chi connectivity index (χ1n) is 4.93. The fraction of sp³-hybridized carbons (Fsp3) is 0.250. The van der Waals surface area contributed by atoms with Crippen molar-refractivity contribution in [3.8, 4) is 0 Å². The third-order valence-corrected chi connectivity index (χ3v) is 2.46. The van der Waals surface area contributed by atoms with Crippen LogP contribution in [-0.2, 0) is 15.6 Å². The number of carbonyl (C=O) groups excluding carboxylic acids is 1. The Morgan fingerprint density at radius 1 is 1.40 bits per heavy atom. The average molecular weight is 218 g/mol. The summed E-state index contributed by atoms with van der Waals surface area (Å²) in [6.07, 6.45) is 2.24. The van der Waals surface area contributed by atoms with Crippen molar-refractivity contribution < 1.29 is 9.22 Å². The summed E-state index contributed by atoms with van der Waals surface area (Å²) in [7, 11) is 0.0873. The molecule has 0 spiro atoms. The number of benzene rings is 1. The molecule has 0 saturated heterocycles. The minimum Gasteiger partial charge on any atom is -0.512 e. The van der Waals surface area contributed by atoms with E-state index in [-0.39, 0.29) is 15.7 Å². The van der Waals surface area contributed by atoms with E-state index in [1.807, 2.05) is 18.2 Å². The van der Waals surface area contributed by atoms with Crippen LogP contribution in [-0.4, -0.2) is 15.7 Å². The average Bonchev–Trinajstić information content (AvgIpc) is 2.28. The van der Waals surface area contributed by atoms with Crippen molar-refractivity contribution in [1.29, 1.82) is 0 Å². The van der Waals surface area contributed by atoms with Gasteiger partial charge < -0.3 is 4.43 Å². The van der Waals surface area contributed by atoms with Crippen LogP contribution in [0.2, 0.25) is 0 Å². The Morgan fingerprint density at radius 2 is 2.13 bits per heavy atom. The zero-order valence-corrected chi connectivity index (χ0v) is 9.61. The Balaban J connectivity index is 2.16. The normalized spacial score (nSPS) is 9.60. The second-order valence-corrected chi connectivity index (χ2v) is 3.98. The van der Waals surface area contributed by atoms with E-state index in [0.717, 1.165) is 12.8 Å². The van der Waals surface area contributed by atoms with Gasteiger partial charge in [-0.05, 0) is 18.4 Å². The molecule has 0 fully saturated rings. The van der Waals surface area contributed by atoms with Crippen molar-refractivity contribution in [2.24, 2.45) is 0 Å². The Kier molecular flexibility index (Phi) is 5.48. The second-order valence-electron chi connectivity index (χ2n) is 3.14. The van der Waals surface area contributed by atoms with E-state index >= 15 is 0 Å². The molecule has 0 aliphatic heterocycles. The molecule has 0 heterocycles. The molecule has 1 aromatic carbocycles. The van der Waals surface area contributed by atoms with Crippen LogP contribution < -0.4 is 0 Å². The molecule has 15 heavy (non-hydrogen) atoms. The second kappa shape index (κ2) is 7.01. The molecule has 78 valence electrons. The zero-order valence-electron chi connectivity index (χ0n) is 8.61. The van der Waals surface area contributed by atoms with Crippen LogP contribution in [0.1, 0.15) is 18.4 Å². The molecule has 0 aromatic heterocycles. The molecule has 3 heteroatoms. The SMILES string of the molecule is C=C[Si]OC(=O)CCCc1ccccc1. The first-order chi connectivity index (χ1) is 7.33. The molecule has 2 radical (unpaired) electrons. The maximum atomic E-state index is 11.1. The number of carbonyl (C=O) groups is 1. The monoisotopic (exact) mass is 218 g/mol. The molecule has 0 amide bonds. The molecule has 0 N–H and O–H groups in total. The zero-order chi connectivity index (χ0) is 10.9. The smallest absolute Gasteiger partial charge is 0.346 e. The van der Waals surface area contributed by atoms with Crippen LogP contribution >= 0.6 is 0 Å². The third kappa shape index (κ3) is 5.17. The predicted molar refractivity (Wildman–Crippen MR) is 61.4 cm³/mol. The molecule has 1 aromatic rings. The number of aryl methyl sites for hydroxylation is 1. The molecular formula is C12H14O2Si. The van der Waals surface area contributed by atoms with Gasteiger partial charge in [0, 0.05) is 6.42 Å². The van der Waals surface area contributed by atoms with Crippen molar-refractivity contribution in [1.82, 2.24) is 0 Å². The van der Waals surface area contributed by atoms with E-state index in [1.165, 1.54) is 5.56 Å². The lowest BCUT2D eigenvalue weighted by Gasteiger charge is -2.01. The third-order valence-electron chi connectivity index (χ3n) is 1.95. The van der Waals surface area contributed by atoms with Crippen LogP contribution in [0, 0.1) is 0 Å². The van der Waals surface area contributed by atoms with Gasteiger partial charge in [0.2, 0.25) is 0 Å². The lowest BCUT2D eigenvalue weighted by molar-refractivity contribution is -0.134. The van der Waals surface area contributed by atoms with E-state index in [4.69, 9.17) is 4.43 Å². The van der Waals surface area contributed by atoms with Crippen LogP contribution in [0.25, 0.3) is 0 Å². The molecule has 0 unspecified atom stereocenters. The Hall–Kier alpha value is -1.35. The van der Waals surface area contributed by atoms with Crippen LogP contribution in [0.4, 0.5) is 0 Å². The first kappa shape index (κ1) is 11.7.